The number of hydrogen-bond acceptors (Lipinski definition) is 6. The molecule has 39 heavy (non-hydrogen) atoms. The van der Waals surface area contributed by atoms with Crippen LogP contribution >= 0.6 is 27.3 Å². The van der Waals surface area contributed by atoms with Crippen molar-refractivity contribution in [3.63, 3.8) is 0 Å². The molecule has 3 aromatic carbocycles. The van der Waals surface area contributed by atoms with Gasteiger partial charge in [0.25, 0.3) is 11.5 Å². The molecule has 0 bridgehead atoms. The number of ether oxygens (including phenoxy) is 1. The highest BCUT2D eigenvalue weighted by Crippen LogP contribution is 2.32. The summed E-state index contributed by atoms with van der Waals surface area (Å²) in [7, 11) is 5.54. The van der Waals surface area contributed by atoms with Crippen LogP contribution in [0.25, 0.3) is 6.08 Å². The van der Waals surface area contributed by atoms with Crippen molar-refractivity contribution in [3.05, 3.63) is 119 Å². The van der Waals surface area contributed by atoms with E-state index in [0.717, 1.165) is 21.3 Å². The summed E-state index contributed by atoms with van der Waals surface area (Å²) in [5.41, 5.74) is 4.09. The van der Waals surface area contributed by atoms with Gasteiger partial charge in [-0.15, -0.1) is 0 Å². The van der Waals surface area contributed by atoms with Gasteiger partial charge < -0.3 is 15.0 Å². The normalized spacial score (nSPS) is 15.0. The lowest BCUT2D eigenvalue weighted by Crippen LogP contribution is -2.40. The van der Waals surface area contributed by atoms with Crippen LogP contribution in [0, 0.1) is 0 Å². The number of nitrogens with zero attached hydrogens (tertiary/aromatic N) is 3. The average Bonchev–Trinajstić information content (AvgIpc) is 3.22. The minimum absolute atomic E-state index is 0.211. The fraction of sp³-hybridized carbons (Fsp3) is 0.167. The maximum Gasteiger partial charge on any atom is 0.271 e. The summed E-state index contributed by atoms with van der Waals surface area (Å²) in [5, 5.41) is 2.97. The number of para-hydroxylation sites is 1. The maximum absolute atomic E-state index is 13.9. The van der Waals surface area contributed by atoms with E-state index >= 15 is 0 Å². The molecule has 1 aliphatic rings. The zero-order valence-corrected chi connectivity index (χ0v) is 24.3. The molecule has 0 unspecified atom stereocenters. The zero-order valence-electron chi connectivity index (χ0n) is 21.9. The van der Waals surface area contributed by atoms with Crippen molar-refractivity contribution in [3.8, 4) is 5.75 Å². The molecule has 7 nitrogen and oxygen atoms in total. The lowest BCUT2D eigenvalue weighted by molar-refractivity contribution is -0.113. The number of rotatable bonds is 6. The molecule has 0 radical (unpaired) electrons. The number of nitrogens with one attached hydrogen (secondary N) is 1. The summed E-state index contributed by atoms with van der Waals surface area (Å²) in [6, 6.07) is 22.0. The van der Waals surface area contributed by atoms with Crippen molar-refractivity contribution in [2.24, 2.45) is 4.99 Å². The minimum atomic E-state index is -0.676. The van der Waals surface area contributed by atoms with E-state index in [1.807, 2.05) is 97.9 Å². The topological polar surface area (TPSA) is 75.9 Å². The summed E-state index contributed by atoms with van der Waals surface area (Å²) in [6.45, 7) is 1.81. The molecule has 4 aromatic rings. The van der Waals surface area contributed by atoms with Gasteiger partial charge in [-0.3, -0.25) is 14.2 Å². The third-order valence-corrected chi connectivity index (χ3v) is 8.08. The van der Waals surface area contributed by atoms with Gasteiger partial charge in [-0.2, -0.15) is 0 Å². The van der Waals surface area contributed by atoms with E-state index in [2.05, 4.69) is 21.2 Å². The summed E-state index contributed by atoms with van der Waals surface area (Å²) >= 11 is 4.93. The van der Waals surface area contributed by atoms with Gasteiger partial charge in [-0.05, 0) is 76.5 Å². The lowest BCUT2D eigenvalue weighted by atomic mass is 9.95. The molecule has 5 rings (SSSR count). The van der Waals surface area contributed by atoms with Gasteiger partial charge in [-0.25, -0.2) is 4.99 Å². The molecule has 1 atom stereocenters. The van der Waals surface area contributed by atoms with Crippen LogP contribution < -0.4 is 29.8 Å². The number of benzene rings is 3. The Labute approximate surface area is 238 Å². The number of allylic oxidation sites excluding steroid dienone is 1. The van der Waals surface area contributed by atoms with Crippen LogP contribution in [0.3, 0.4) is 0 Å². The van der Waals surface area contributed by atoms with Gasteiger partial charge in [0.2, 0.25) is 0 Å². The molecule has 2 heterocycles. The fourth-order valence-electron chi connectivity index (χ4n) is 4.59. The first-order chi connectivity index (χ1) is 18.8. The Kier molecular flexibility index (Phi) is 7.54. The Hall–Kier alpha value is -3.95. The van der Waals surface area contributed by atoms with Gasteiger partial charge >= 0.3 is 0 Å². The molecule has 1 aliphatic heterocycles. The molecule has 0 aliphatic carbocycles. The second kappa shape index (κ2) is 11.0. The Bertz CT molecular complexity index is 1770. The molecule has 0 spiro atoms. The molecule has 1 N–H and O–H groups in total. The van der Waals surface area contributed by atoms with Crippen LogP contribution in [0.2, 0.25) is 0 Å². The van der Waals surface area contributed by atoms with E-state index in [-0.39, 0.29) is 11.5 Å². The fourth-order valence-corrected chi connectivity index (χ4v) is 6.38. The van der Waals surface area contributed by atoms with Crippen LogP contribution in [0.5, 0.6) is 5.75 Å². The standard InChI is InChI=1S/C30H27BrN4O3S/c1-18-26(28(36)33-21-10-6-5-7-11-21)27(20-9-8-12-22(17-20)38-4)35-29(37)25(39-30(35)32-18)16-19-13-14-24(34(2)3)23(31)15-19/h5-17,27H,1-4H3,(H,33,36)/b25-16-/t27-/m1/s1. The van der Waals surface area contributed by atoms with Crippen molar-refractivity contribution in [2.75, 3.05) is 31.4 Å². The lowest BCUT2D eigenvalue weighted by Gasteiger charge is -2.25. The van der Waals surface area contributed by atoms with E-state index in [9.17, 15) is 9.59 Å². The predicted octanol–water partition coefficient (Wildman–Crippen LogP) is 4.71. The first kappa shape index (κ1) is 26.6. The predicted molar refractivity (Wildman–Crippen MR) is 160 cm³/mol. The summed E-state index contributed by atoms with van der Waals surface area (Å²) in [4.78, 5) is 34.9. The molecule has 9 heteroatoms. The molecule has 198 valence electrons. The summed E-state index contributed by atoms with van der Waals surface area (Å²) in [5.74, 6) is 0.325. The highest BCUT2D eigenvalue weighted by Gasteiger charge is 2.32. The molecule has 0 saturated heterocycles. The molecule has 1 aromatic heterocycles. The maximum atomic E-state index is 13.9. The van der Waals surface area contributed by atoms with Crippen molar-refractivity contribution in [2.45, 2.75) is 13.0 Å². The third kappa shape index (κ3) is 5.32. The SMILES string of the molecule is COc1cccc([C@@H]2C(C(=O)Nc3ccccc3)=C(C)N=c3s/c(=C\c4ccc(N(C)C)c(Br)c4)c(=O)n32)c1. The number of carbonyl (C=O) groups is 1. The highest BCUT2D eigenvalue weighted by molar-refractivity contribution is 9.10. The molecular weight excluding hydrogens is 576 g/mol. The van der Waals surface area contributed by atoms with E-state index in [1.165, 1.54) is 11.3 Å². The van der Waals surface area contributed by atoms with Crippen LogP contribution in [-0.4, -0.2) is 31.7 Å². The number of anilines is 2. The van der Waals surface area contributed by atoms with E-state index in [0.29, 0.717) is 32.0 Å². The first-order valence-electron chi connectivity index (χ1n) is 12.3. The number of aromatic nitrogens is 1. The third-order valence-electron chi connectivity index (χ3n) is 6.46. The smallest absolute Gasteiger partial charge is 0.271 e. The molecular formula is C30H27BrN4O3S. The van der Waals surface area contributed by atoms with Gasteiger partial charge in [0.05, 0.1) is 34.6 Å². The number of halogens is 1. The number of thiazole rings is 1. The van der Waals surface area contributed by atoms with E-state index in [1.54, 1.807) is 18.6 Å². The number of fused-ring (bicyclic) bond motifs is 1. The van der Waals surface area contributed by atoms with Crippen LogP contribution in [-0.2, 0) is 4.79 Å². The minimum Gasteiger partial charge on any atom is -0.497 e. The van der Waals surface area contributed by atoms with Crippen molar-refractivity contribution < 1.29 is 9.53 Å². The average molecular weight is 604 g/mol. The van der Waals surface area contributed by atoms with Crippen molar-refractivity contribution in [1.82, 2.24) is 4.57 Å². The molecule has 0 fully saturated rings. The largest absolute Gasteiger partial charge is 0.497 e. The van der Waals surface area contributed by atoms with Gasteiger partial charge in [0, 0.05) is 24.3 Å². The van der Waals surface area contributed by atoms with Gasteiger partial charge in [0.1, 0.15) is 5.75 Å². The Morgan fingerprint density at radius 1 is 1.10 bits per heavy atom. The molecule has 1 amide bonds. The number of hydrogen-bond donors (Lipinski definition) is 1. The van der Waals surface area contributed by atoms with Crippen molar-refractivity contribution >= 4 is 50.6 Å². The number of methoxy groups -OCH3 is 1. The van der Waals surface area contributed by atoms with Gasteiger partial charge in [0.15, 0.2) is 4.80 Å². The Morgan fingerprint density at radius 3 is 2.56 bits per heavy atom. The van der Waals surface area contributed by atoms with Crippen LogP contribution in [0.1, 0.15) is 24.1 Å². The highest BCUT2D eigenvalue weighted by atomic mass is 79.9. The van der Waals surface area contributed by atoms with Crippen LogP contribution in [0.4, 0.5) is 11.4 Å². The summed E-state index contributed by atoms with van der Waals surface area (Å²) < 4.78 is 8.54. The summed E-state index contributed by atoms with van der Waals surface area (Å²) in [6.07, 6.45) is 1.86. The monoisotopic (exact) mass is 602 g/mol. The van der Waals surface area contributed by atoms with Crippen molar-refractivity contribution in [1.29, 1.82) is 0 Å². The Balaban J connectivity index is 1.67. The van der Waals surface area contributed by atoms with Gasteiger partial charge in [-0.1, -0.05) is 47.7 Å². The first-order valence-corrected chi connectivity index (χ1v) is 13.9. The van der Waals surface area contributed by atoms with E-state index < -0.39 is 6.04 Å². The number of amides is 1. The second-order valence-corrected chi connectivity index (χ2v) is 11.1. The zero-order chi connectivity index (χ0) is 27.7. The molecule has 0 saturated carbocycles. The van der Waals surface area contributed by atoms with Crippen LogP contribution in [0.15, 0.2) is 98.3 Å². The van der Waals surface area contributed by atoms with E-state index in [4.69, 9.17) is 9.73 Å². The second-order valence-electron chi connectivity index (χ2n) is 9.28. The number of carbonyl (C=O) groups excluding carboxylic acids is 1. The Morgan fingerprint density at radius 2 is 1.87 bits per heavy atom. The quantitative estimate of drug-likeness (QED) is 0.347.